The van der Waals surface area contributed by atoms with Crippen molar-refractivity contribution in [2.75, 3.05) is 0 Å². The number of nitrogens with zero attached hydrogens (tertiary/aromatic N) is 1. The SMILES string of the molecule is O=C(S)c1ccc(C(=O)S)nc1. The van der Waals surface area contributed by atoms with Gasteiger partial charge in [0.15, 0.2) is 0 Å². The molecule has 5 heteroatoms. The van der Waals surface area contributed by atoms with Crippen molar-refractivity contribution in [1.82, 2.24) is 4.98 Å². The topological polar surface area (TPSA) is 47.0 Å². The van der Waals surface area contributed by atoms with Crippen molar-refractivity contribution in [3.8, 4) is 0 Å². The number of pyridine rings is 1. The van der Waals surface area contributed by atoms with Crippen molar-refractivity contribution in [2.24, 2.45) is 0 Å². The number of hydrogen-bond acceptors (Lipinski definition) is 3. The fourth-order valence-corrected chi connectivity index (χ4v) is 0.911. The van der Waals surface area contributed by atoms with E-state index >= 15 is 0 Å². The Morgan fingerprint density at radius 3 is 2.17 bits per heavy atom. The molecule has 1 heterocycles. The van der Waals surface area contributed by atoms with Crippen LogP contribution in [0.15, 0.2) is 18.3 Å². The van der Waals surface area contributed by atoms with Gasteiger partial charge in [0, 0.05) is 11.8 Å². The fraction of sp³-hybridized carbons (Fsp3) is 0. The van der Waals surface area contributed by atoms with E-state index in [2.05, 4.69) is 30.2 Å². The largest absolute Gasteiger partial charge is 0.282 e. The van der Waals surface area contributed by atoms with Crippen LogP contribution in [0, 0.1) is 0 Å². The molecular formula is C7H5NO2S2. The molecule has 12 heavy (non-hydrogen) atoms. The zero-order valence-electron chi connectivity index (χ0n) is 5.89. The first-order chi connectivity index (χ1) is 5.61. The van der Waals surface area contributed by atoms with Crippen LogP contribution in [0.2, 0.25) is 0 Å². The highest BCUT2D eigenvalue weighted by Gasteiger charge is 2.03. The minimum Gasteiger partial charge on any atom is -0.282 e. The Labute approximate surface area is 80.0 Å². The Kier molecular flexibility index (Phi) is 2.88. The quantitative estimate of drug-likeness (QED) is 0.704. The molecule has 0 saturated carbocycles. The highest BCUT2D eigenvalue weighted by Crippen LogP contribution is 2.04. The summed E-state index contributed by atoms with van der Waals surface area (Å²) in [7, 11) is 0. The molecule has 62 valence electrons. The Morgan fingerprint density at radius 2 is 1.83 bits per heavy atom. The molecule has 0 N–H and O–H groups in total. The molecule has 0 unspecified atom stereocenters. The summed E-state index contributed by atoms with van der Waals surface area (Å²) in [6.07, 6.45) is 1.29. The van der Waals surface area contributed by atoms with Crippen molar-refractivity contribution in [1.29, 1.82) is 0 Å². The summed E-state index contributed by atoms with van der Waals surface area (Å²) >= 11 is 7.16. The van der Waals surface area contributed by atoms with Gasteiger partial charge in [0.2, 0.25) is 10.2 Å². The molecule has 0 radical (unpaired) electrons. The van der Waals surface area contributed by atoms with E-state index in [1.807, 2.05) is 0 Å². The van der Waals surface area contributed by atoms with E-state index in [9.17, 15) is 9.59 Å². The lowest BCUT2D eigenvalue weighted by atomic mass is 10.3. The lowest BCUT2D eigenvalue weighted by Gasteiger charge is -1.94. The van der Waals surface area contributed by atoms with Crippen molar-refractivity contribution in [3.63, 3.8) is 0 Å². The molecule has 0 aliphatic carbocycles. The van der Waals surface area contributed by atoms with Gasteiger partial charge in [-0.2, -0.15) is 0 Å². The molecule has 0 bridgehead atoms. The first-order valence-electron chi connectivity index (χ1n) is 3.04. The number of carbonyl (C=O) groups excluding carboxylic acids is 2. The molecule has 1 aromatic heterocycles. The van der Waals surface area contributed by atoms with E-state index in [-0.39, 0.29) is 10.8 Å². The van der Waals surface area contributed by atoms with Gasteiger partial charge in [-0.25, -0.2) is 0 Å². The van der Waals surface area contributed by atoms with Gasteiger partial charge in [-0.1, -0.05) is 12.6 Å². The molecule has 1 rings (SSSR count). The molecular weight excluding hydrogens is 194 g/mol. The third-order valence-corrected chi connectivity index (χ3v) is 1.72. The van der Waals surface area contributed by atoms with Crippen molar-refractivity contribution in [2.45, 2.75) is 0 Å². The van der Waals surface area contributed by atoms with Crippen molar-refractivity contribution >= 4 is 35.5 Å². The average Bonchev–Trinajstić information content (AvgIpc) is 2.04. The van der Waals surface area contributed by atoms with Crippen molar-refractivity contribution < 1.29 is 9.59 Å². The Morgan fingerprint density at radius 1 is 1.17 bits per heavy atom. The van der Waals surface area contributed by atoms with Gasteiger partial charge in [0.05, 0.1) is 0 Å². The maximum atomic E-state index is 10.6. The Bertz CT molecular complexity index is 288. The highest BCUT2D eigenvalue weighted by atomic mass is 32.1. The van der Waals surface area contributed by atoms with Gasteiger partial charge in [-0.3, -0.25) is 14.6 Å². The number of carbonyl (C=O) groups is 2. The second-order valence-electron chi connectivity index (χ2n) is 2.04. The van der Waals surface area contributed by atoms with Crippen molar-refractivity contribution in [3.05, 3.63) is 29.6 Å². The maximum Gasteiger partial charge on any atom is 0.234 e. The lowest BCUT2D eigenvalue weighted by Crippen LogP contribution is -1.96. The molecule has 0 saturated heterocycles. The zero-order valence-corrected chi connectivity index (χ0v) is 7.68. The summed E-state index contributed by atoms with van der Waals surface area (Å²) in [6, 6.07) is 2.91. The molecule has 0 atom stereocenters. The molecule has 0 fully saturated rings. The predicted octanol–water partition coefficient (Wildman–Crippen LogP) is 1.22. The standard InChI is InChI=1S/C7H5NO2S2/c9-6(11)4-1-2-5(7(10)12)8-3-4/h1-3H,(H,9,11)(H,10,12). The summed E-state index contributed by atoms with van der Waals surface area (Å²) in [6.45, 7) is 0. The van der Waals surface area contributed by atoms with E-state index in [1.165, 1.54) is 18.3 Å². The van der Waals surface area contributed by atoms with Gasteiger partial charge in [-0.15, -0.1) is 12.6 Å². The Hall–Kier alpha value is -0.810. The Balaban J connectivity index is 3.01. The molecule has 0 aliphatic rings. The van der Waals surface area contributed by atoms with Crippen LogP contribution >= 0.6 is 25.3 Å². The van der Waals surface area contributed by atoms with E-state index in [0.717, 1.165) is 0 Å². The number of aromatic nitrogens is 1. The van der Waals surface area contributed by atoms with Crippen LogP contribution < -0.4 is 0 Å². The second-order valence-corrected chi connectivity index (χ2v) is 2.85. The first-order valence-corrected chi connectivity index (χ1v) is 3.93. The summed E-state index contributed by atoms with van der Waals surface area (Å²) in [5, 5.41) is -0.797. The third-order valence-electron chi connectivity index (χ3n) is 1.23. The van der Waals surface area contributed by atoms with Gasteiger partial charge in [0.1, 0.15) is 5.69 Å². The number of thiol groups is 2. The maximum absolute atomic E-state index is 10.6. The van der Waals surface area contributed by atoms with Crippen LogP contribution in [0.3, 0.4) is 0 Å². The zero-order chi connectivity index (χ0) is 9.14. The van der Waals surface area contributed by atoms with Crippen LogP contribution in [0.1, 0.15) is 20.8 Å². The van der Waals surface area contributed by atoms with Gasteiger partial charge in [0.25, 0.3) is 0 Å². The number of rotatable bonds is 2. The molecule has 0 spiro atoms. The first kappa shape index (κ1) is 9.28. The fourth-order valence-electron chi connectivity index (χ4n) is 0.647. The molecule has 0 amide bonds. The van der Waals surface area contributed by atoms with E-state index in [1.54, 1.807) is 0 Å². The minimum absolute atomic E-state index is 0.219. The summed E-state index contributed by atoms with van der Waals surface area (Å²) < 4.78 is 0. The van der Waals surface area contributed by atoms with Crippen LogP contribution in [0.5, 0.6) is 0 Å². The summed E-state index contributed by atoms with van der Waals surface area (Å²) in [5.74, 6) is 0. The second kappa shape index (κ2) is 3.73. The molecule has 1 aromatic rings. The van der Waals surface area contributed by atoms with Crippen LogP contribution in [0.25, 0.3) is 0 Å². The van der Waals surface area contributed by atoms with Gasteiger partial charge < -0.3 is 0 Å². The van der Waals surface area contributed by atoms with Gasteiger partial charge >= 0.3 is 0 Å². The normalized spacial score (nSPS) is 9.50. The lowest BCUT2D eigenvalue weighted by molar-refractivity contribution is 0.107. The monoisotopic (exact) mass is 199 g/mol. The average molecular weight is 199 g/mol. The van der Waals surface area contributed by atoms with Crippen LogP contribution in [-0.4, -0.2) is 15.2 Å². The van der Waals surface area contributed by atoms with Gasteiger partial charge in [-0.05, 0) is 12.1 Å². The van der Waals surface area contributed by atoms with Crippen LogP contribution in [-0.2, 0) is 0 Å². The van der Waals surface area contributed by atoms with E-state index < -0.39 is 5.12 Å². The summed E-state index contributed by atoms with van der Waals surface area (Å²) in [4.78, 5) is 25.0. The third kappa shape index (κ3) is 2.09. The van der Waals surface area contributed by atoms with Crippen LogP contribution in [0.4, 0.5) is 0 Å². The summed E-state index contributed by atoms with van der Waals surface area (Å²) in [5.41, 5.74) is 0.577. The highest BCUT2D eigenvalue weighted by molar-refractivity contribution is 7.97. The van der Waals surface area contributed by atoms with E-state index in [0.29, 0.717) is 5.56 Å². The molecule has 3 nitrogen and oxygen atoms in total. The minimum atomic E-state index is -0.423. The molecule has 0 aromatic carbocycles. The van der Waals surface area contributed by atoms with E-state index in [4.69, 9.17) is 0 Å². The predicted molar refractivity (Wildman–Crippen MR) is 50.9 cm³/mol. The molecule has 0 aliphatic heterocycles. The smallest absolute Gasteiger partial charge is 0.234 e. The number of hydrogen-bond donors (Lipinski definition) is 2.